The smallest absolute Gasteiger partial charge is 0.239 e. The molecule has 3 atom stereocenters. The summed E-state index contributed by atoms with van der Waals surface area (Å²) in [5.74, 6) is 0.999. The fraction of sp³-hybridized carbons (Fsp3) is 0.611. The van der Waals surface area contributed by atoms with Crippen molar-refractivity contribution in [3.8, 4) is 5.75 Å². The number of hydrogen-bond acceptors (Lipinski definition) is 5. The van der Waals surface area contributed by atoms with Crippen LogP contribution in [0.3, 0.4) is 0 Å². The van der Waals surface area contributed by atoms with Gasteiger partial charge in [-0.05, 0) is 31.0 Å². The normalized spacial score (nSPS) is 24.3. The monoisotopic (exact) mass is 405 g/mol. The highest BCUT2D eigenvalue weighted by molar-refractivity contribution is 5.85. The standard InChI is InChI=1S/C18H27N3O3.2ClH/c1-13(14-4-3-5-16(10-14)24-2)20-6-8-21(9-7-20)18(23)17-11-15(22)12-19-17;;/h3-5,10,13,15,17,19,22H,6-9,11-12H2,1-2H3;2*1H. The molecule has 2 fully saturated rings. The van der Waals surface area contributed by atoms with Crippen LogP contribution < -0.4 is 10.1 Å². The number of carbonyl (C=O) groups is 1. The molecule has 1 amide bonds. The number of piperazine rings is 1. The van der Waals surface area contributed by atoms with Crippen LogP contribution in [-0.4, -0.2) is 72.8 Å². The topological polar surface area (TPSA) is 65.0 Å². The molecule has 0 spiro atoms. The van der Waals surface area contributed by atoms with E-state index in [0.717, 1.165) is 31.9 Å². The van der Waals surface area contributed by atoms with E-state index in [4.69, 9.17) is 4.74 Å². The molecular formula is C18H29Cl2N3O3. The number of rotatable bonds is 4. The Bertz CT molecular complexity index is 583. The number of aliphatic hydroxyl groups excluding tert-OH is 1. The number of aliphatic hydroxyl groups is 1. The van der Waals surface area contributed by atoms with E-state index in [0.29, 0.717) is 19.0 Å². The molecule has 2 aliphatic heterocycles. The third kappa shape index (κ3) is 5.24. The van der Waals surface area contributed by atoms with Gasteiger partial charge in [0.2, 0.25) is 5.91 Å². The molecule has 0 aliphatic carbocycles. The quantitative estimate of drug-likeness (QED) is 0.793. The van der Waals surface area contributed by atoms with Crippen LogP contribution >= 0.6 is 24.8 Å². The third-order valence-corrected chi connectivity index (χ3v) is 5.16. The lowest BCUT2D eigenvalue weighted by molar-refractivity contribution is -0.135. The second kappa shape index (κ2) is 10.3. The summed E-state index contributed by atoms with van der Waals surface area (Å²) in [6, 6.07) is 8.24. The highest BCUT2D eigenvalue weighted by Gasteiger charge is 2.33. The Morgan fingerprint density at radius 2 is 1.96 bits per heavy atom. The van der Waals surface area contributed by atoms with Crippen molar-refractivity contribution in [2.24, 2.45) is 0 Å². The number of benzene rings is 1. The molecule has 8 heteroatoms. The van der Waals surface area contributed by atoms with E-state index >= 15 is 0 Å². The SMILES string of the molecule is COc1cccc(C(C)N2CCN(C(=O)C3CC(O)CN3)CC2)c1.Cl.Cl. The molecule has 1 aromatic carbocycles. The lowest BCUT2D eigenvalue weighted by Crippen LogP contribution is -2.53. The summed E-state index contributed by atoms with van der Waals surface area (Å²) in [4.78, 5) is 16.8. The zero-order chi connectivity index (χ0) is 17.1. The molecule has 2 heterocycles. The van der Waals surface area contributed by atoms with Crippen LogP contribution in [0.25, 0.3) is 0 Å². The van der Waals surface area contributed by atoms with E-state index in [-0.39, 0.29) is 36.8 Å². The molecule has 0 radical (unpaired) electrons. The third-order valence-electron chi connectivity index (χ3n) is 5.16. The second-order valence-electron chi connectivity index (χ2n) is 6.66. The number of halogens is 2. The minimum Gasteiger partial charge on any atom is -0.497 e. The average Bonchev–Trinajstić information content (AvgIpc) is 3.07. The number of methoxy groups -OCH3 is 1. The van der Waals surface area contributed by atoms with Crippen molar-refractivity contribution >= 4 is 30.7 Å². The maximum Gasteiger partial charge on any atom is 0.239 e. The Kier molecular flexibility index (Phi) is 9.13. The molecule has 2 N–H and O–H groups in total. The highest BCUT2D eigenvalue weighted by Crippen LogP contribution is 2.25. The molecule has 148 valence electrons. The van der Waals surface area contributed by atoms with Gasteiger partial charge in [-0.3, -0.25) is 9.69 Å². The van der Waals surface area contributed by atoms with Crippen LogP contribution in [0.5, 0.6) is 5.75 Å². The van der Waals surface area contributed by atoms with Gasteiger partial charge in [-0.15, -0.1) is 24.8 Å². The zero-order valence-electron chi connectivity index (χ0n) is 15.3. The number of nitrogens with zero attached hydrogens (tertiary/aromatic N) is 2. The van der Waals surface area contributed by atoms with Crippen LogP contribution in [0.2, 0.25) is 0 Å². The molecule has 2 aliphatic rings. The van der Waals surface area contributed by atoms with Crippen LogP contribution in [0, 0.1) is 0 Å². The molecule has 0 aromatic heterocycles. The predicted octanol–water partition coefficient (Wildman–Crippen LogP) is 1.47. The van der Waals surface area contributed by atoms with Gasteiger partial charge in [0.15, 0.2) is 0 Å². The predicted molar refractivity (Wildman–Crippen MR) is 106 cm³/mol. The van der Waals surface area contributed by atoms with Gasteiger partial charge in [-0.25, -0.2) is 0 Å². The van der Waals surface area contributed by atoms with E-state index in [1.165, 1.54) is 5.56 Å². The number of ether oxygens (including phenoxy) is 1. The Morgan fingerprint density at radius 1 is 1.27 bits per heavy atom. The van der Waals surface area contributed by atoms with Gasteiger partial charge in [-0.2, -0.15) is 0 Å². The maximum absolute atomic E-state index is 12.5. The van der Waals surface area contributed by atoms with Crippen LogP contribution in [-0.2, 0) is 4.79 Å². The average molecular weight is 406 g/mol. The first-order valence-electron chi connectivity index (χ1n) is 8.66. The minimum atomic E-state index is -0.395. The van der Waals surface area contributed by atoms with Crippen molar-refractivity contribution in [1.29, 1.82) is 0 Å². The summed E-state index contributed by atoms with van der Waals surface area (Å²) >= 11 is 0. The Morgan fingerprint density at radius 3 is 2.54 bits per heavy atom. The molecule has 6 nitrogen and oxygen atoms in total. The molecular weight excluding hydrogens is 377 g/mol. The fourth-order valence-electron chi connectivity index (χ4n) is 3.57. The van der Waals surface area contributed by atoms with E-state index in [9.17, 15) is 9.90 Å². The highest BCUT2D eigenvalue weighted by atomic mass is 35.5. The zero-order valence-corrected chi connectivity index (χ0v) is 16.9. The first kappa shape index (κ1) is 23.0. The van der Waals surface area contributed by atoms with Gasteiger partial charge < -0.3 is 20.1 Å². The summed E-state index contributed by atoms with van der Waals surface area (Å²) in [6.45, 7) is 5.91. The first-order chi connectivity index (χ1) is 11.6. The number of nitrogens with one attached hydrogen (secondary N) is 1. The van der Waals surface area contributed by atoms with Crippen LogP contribution in [0.4, 0.5) is 0 Å². The van der Waals surface area contributed by atoms with Gasteiger partial charge in [0.25, 0.3) is 0 Å². The van der Waals surface area contributed by atoms with Gasteiger partial charge >= 0.3 is 0 Å². The van der Waals surface area contributed by atoms with E-state index in [1.807, 2.05) is 17.0 Å². The number of carbonyl (C=O) groups excluding carboxylic acids is 1. The van der Waals surface area contributed by atoms with Crippen molar-refractivity contribution in [2.45, 2.75) is 31.5 Å². The van der Waals surface area contributed by atoms with E-state index in [1.54, 1.807) is 7.11 Å². The van der Waals surface area contributed by atoms with Gasteiger partial charge in [0, 0.05) is 38.8 Å². The van der Waals surface area contributed by atoms with Crippen molar-refractivity contribution in [3.63, 3.8) is 0 Å². The Balaban J connectivity index is 0.00000169. The summed E-state index contributed by atoms with van der Waals surface area (Å²) in [5.41, 5.74) is 1.23. The number of amides is 1. The molecule has 0 saturated carbocycles. The van der Waals surface area contributed by atoms with Crippen LogP contribution in [0.15, 0.2) is 24.3 Å². The summed E-state index contributed by atoms with van der Waals surface area (Å²) in [6.07, 6.45) is 0.132. The van der Waals surface area contributed by atoms with Crippen molar-refractivity contribution in [3.05, 3.63) is 29.8 Å². The summed E-state index contributed by atoms with van der Waals surface area (Å²) in [7, 11) is 1.68. The summed E-state index contributed by atoms with van der Waals surface area (Å²) in [5, 5.41) is 12.7. The molecule has 3 rings (SSSR count). The number of β-amino-alcohol motifs (C(OH)–C–C–N with tert-alkyl or cyclic N) is 1. The molecule has 3 unspecified atom stereocenters. The maximum atomic E-state index is 12.5. The van der Waals surface area contributed by atoms with E-state index in [2.05, 4.69) is 29.3 Å². The lowest BCUT2D eigenvalue weighted by atomic mass is 10.1. The van der Waals surface area contributed by atoms with Gasteiger partial charge in [0.05, 0.1) is 19.3 Å². The molecule has 26 heavy (non-hydrogen) atoms. The number of hydrogen-bond donors (Lipinski definition) is 2. The van der Waals surface area contributed by atoms with Gasteiger partial charge in [-0.1, -0.05) is 12.1 Å². The van der Waals surface area contributed by atoms with Gasteiger partial charge in [0.1, 0.15) is 5.75 Å². The molecule has 2 saturated heterocycles. The first-order valence-corrected chi connectivity index (χ1v) is 8.66. The fourth-order valence-corrected chi connectivity index (χ4v) is 3.57. The summed E-state index contributed by atoms with van der Waals surface area (Å²) < 4.78 is 5.31. The largest absolute Gasteiger partial charge is 0.497 e. The second-order valence-corrected chi connectivity index (χ2v) is 6.66. The molecule has 0 bridgehead atoms. The minimum absolute atomic E-state index is 0. The van der Waals surface area contributed by atoms with Crippen molar-refractivity contribution in [1.82, 2.24) is 15.1 Å². The Labute approximate surface area is 167 Å². The van der Waals surface area contributed by atoms with Crippen molar-refractivity contribution in [2.75, 3.05) is 39.8 Å². The Hall–Kier alpha value is -1.05. The molecule has 1 aromatic rings. The van der Waals surface area contributed by atoms with E-state index < -0.39 is 6.10 Å². The lowest BCUT2D eigenvalue weighted by Gasteiger charge is -2.39. The van der Waals surface area contributed by atoms with Crippen molar-refractivity contribution < 1.29 is 14.6 Å². The van der Waals surface area contributed by atoms with Crippen LogP contribution in [0.1, 0.15) is 24.9 Å².